The molecule has 0 saturated heterocycles. The highest BCUT2D eigenvalue weighted by atomic mass is 35.5. The van der Waals surface area contributed by atoms with Gasteiger partial charge in [-0.2, -0.15) is 0 Å². The van der Waals surface area contributed by atoms with Crippen molar-refractivity contribution in [2.45, 2.75) is 26.2 Å². The standard InChI is InChI=1S/C17H17ClFNO/c1-10-5-14(15(18)7-16(10)19)17(20-2)11-3-4-12-8-21-9-13(12)6-11/h3-7,17,20H,8-9H2,1-2H3. The van der Waals surface area contributed by atoms with Crippen LogP contribution in [0.1, 0.15) is 33.9 Å². The van der Waals surface area contributed by atoms with E-state index in [1.807, 2.05) is 13.1 Å². The molecule has 0 aromatic heterocycles. The summed E-state index contributed by atoms with van der Waals surface area (Å²) < 4.78 is 19.0. The van der Waals surface area contributed by atoms with Crippen molar-refractivity contribution in [3.63, 3.8) is 0 Å². The summed E-state index contributed by atoms with van der Waals surface area (Å²) in [6, 6.07) is 9.42. The molecular formula is C17H17ClFNO. The molecule has 0 radical (unpaired) electrons. The first-order valence-corrected chi connectivity index (χ1v) is 7.30. The molecule has 1 atom stereocenters. The lowest BCUT2D eigenvalue weighted by atomic mass is 9.94. The van der Waals surface area contributed by atoms with E-state index in [-0.39, 0.29) is 11.9 Å². The minimum Gasteiger partial charge on any atom is -0.372 e. The average molecular weight is 306 g/mol. The molecule has 0 aliphatic carbocycles. The van der Waals surface area contributed by atoms with Crippen LogP contribution in [-0.2, 0) is 18.0 Å². The van der Waals surface area contributed by atoms with Crippen molar-refractivity contribution in [2.75, 3.05) is 7.05 Å². The maximum absolute atomic E-state index is 13.6. The van der Waals surface area contributed by atoms with E-state index in [9.17, 15) is 4.39 Å². The highest BCUT2D eigenvalue weighted by Crippen LogP contribution is 2.32. The van der Waals surface area contributed by atoms with Crippen molar-refractivity contribution in [1.29, 1.82) is 0 Å². The lowest BCUT2D eigenvalue weighted by Gasteiger charge is -2.20. The molecule has 0 bridgehead atoms. The van der Waals surface area contributed by atoms with E-state index < -0.39 is 0 Å². The van der Waals surface area contributed by atoms with Crippen molar-refractivity contribution in [3.8, 4) is 0 Å². The third-order valence-electron chi connectivity index (χ3n) is 3.96. The van der Waals surface area contributed by atoms with Crippen molar-refractivity contribution in [3.05, 3.63) is 69.0 Å². The first kappa shape index (κ1) is 14.5. The normalized spacial score (nSPS) is 15.0. The van der Waals surface area contributed by atoms with Gasteiger partial charge in [0.05, 0.1) is 19.3 Å². The minimum absolute atomic E-state index is 0.0669. The molecule has 2 aromatic carbocycles. The average Bonchev–Trinajstić information content (AvgIpc) is 2.92. The van der Waals surface area contributed by atoms with E-state index in [4.69, 9.17) is 16.3 Å². The Labute approximate surface area is 128 Å². The van der Waals surface area contributed by atoms with Gasteiger partial charge in [-0.1, -0.05) is 29.8 Å². The van der Waals surface area contributed by atoms with Gasteiger partial charge in [0.2, 0.25) is 0 Å². The van der Waals surface area contributed by atoms with E-state index in [1.54, 1.807) is 6.92 Å². The van der Waals surface area contributed by atoms with Gasteiger partial charge in [-0.25, -0.2) is 4.39 Å². The number of nitrogens with one attached hydrogen (secondary N) is 1. The van der Waals surface area contributed by atoms with Gasteiger partial charge < -0.3 is 10.1 Å². The fraction of sp³-hybridized carbons (Fsp3) is 0.294. The number of hydrogen-bond donors (Lipinski definition) is 1. The van der Waals surface area contributed by atoms with Gasteiger partial charge in [0.25, 0.3) is 0 Å². The third kappa shape index (κ3) is 2.69. The molecule has 0 saturated carbocycles. The molecule has 0 fully saturated rings. The number of ether oxygens (including phenoxy) is 1. The van der Waals surface area contributed by atoms with Crippen molar-refractivity contribution in [1.82, 2.24) is 5.32 Å². The van der Waals surface area contributed by atoms with Crippen molar-refractivity contribution < 1.29 is 9.13 Å². The fourth-order valence-electron chi connectivity index (χ4n) is 2.77. The molecule has 1 unspecified atom stereocenters. The highest BCUT2D eigenvalue weighted by Gasteiger charge is 2.19. The number of hydrogen-bond acceptors (Lipinski definition) is 2. The van der Waals surface area contributed by atoms with Crippen molar-refractivity contribution in [2.24, 2.45) is 0 Å². The van der Waals surface area contributed by atoms with E-state index in [0.717, 1.165) is 11.1 Å². The van der Waals surface area contributed by atoms with Gasteiger partial charge in [0.15, 0.2) is 0 Å². The summed E-state index contributed by atoms with van der Waals surface area (Å²) in [4.78, 5) is 0. The Morgan fingerprint density at radius 1 is 1.19 bits per heavy atom. The molecule has 110 valence electrons. The van der Waals surface area contributed by atoms with Gasteiger partial charge in [-0.15, -0.1) is 0 Å². The minimum atomic E-state index is -0.277. The van der Waals surface area contributed by atoms with Crippen molar-refractivity contribution >= 4 is 11.6 Å². The summed E-state index contributed by atoms with van der Waals surface area (Å²) in [5, 5.41) is 3.70. The highest BCUT2D eigenvalue weighted by molar-refractivity contribution is 6.31. The van der Waals surface area contributed by atoms with Crippen LogP contribution in [0.15, 0.2) is 30.3 Å². The zero-order chi connectivity index (χ0) is 15.0. The molecule has 1 N–H and O–H groups in total. The van der Waals surface area contributed by atoms with Crippen LogP contribution in [0.5, 0.6) is 0 Å². The third-order valence-corrected chi connectivity index (χ3v) is 4.28. The summed E-state index contributed by atoms with van der Waals surface area (Å²) in [6.45, 7) is 3.07. The van der Waals surface area contributed by atoms with Crippen LogP contribution >= 0.6 is 11.6 Å². The Bertz CT molecular complexity index is 687. The quantitative estimate of drug-likeness (QED) is 0.921. The van der Waals surface area contributed by atoms with Crippen LogP contribution in [0.25, 0.3) is 0 Å². The largest absolute Gasteiger partial charge is 0.372 e. The summed E-state index contributed by atoms with van der Waals surface area (Å²) in [7, 11) is 1.88. The molecule has 1 aliphatic rings. The second kappa shape index (κ2) is 5.76. The molecule has 2 nitrogen and oxygen atoms in total. The van der Waals surface area contributed by atoms with Crippen LogP contribution in [0.4, 0.5) is 4.39 Å². The van der Waals surface area contributed by atoms with Crippen LogP contribution in [0.2, 0.25) is 5.02 Å². The molecule has 21 heavy (non-hydrogen) atoms. The molecule has 0 amide bonds. The first-order chi connectivity index (χ1) is 10.1. The zero-order valence-electron chi connectivity index (χ0n) is 12.0. The molecule has 1 heterocycles. The summed E-state index contributed by atoms with van der Waals surface area (Å²) >= 11 is 6.24. The molecule has 3 rings (SSSR count). The first-order valence-electron chi connectivity index (χ1n) is 6.92. The molecule has 1 aliphatic heterocycles. The second-order valence-electron chi connectivity index (χ2n) is 5.37. The van der Waals surface area contributed by atoms with Crippen LogP contribution in [0.3, 0.4) is 0 Å². The summed E-state index contributed by atoms with van der Waals surface area (Å²) in [6.07, 6.45) is 0. The Balaban J connectivity index is 2.04. The zero-order valence-corrected chi connectivity index (χ0v) is 12.8. The SMILES string of the molecule is CNC(c1ccc2c(c1)COC2)c1cc(C)c(F)cc1Cl. The Morgan fingerprint density at radius 2 is 1.95 bits per heavy atom. The van der Waals surface area contributed by atoms with Gasteiger partial charge in [-0.05, 0) is 53.9 Å². The van der Waals surface area contributed by atoms with E-state index in [1.165, 1.54) is 17.2 Å². The van der Waals surface area contributed by atoms with Crippen LogP contribution in [-0.4, -0.2) is 7.05 Å². The van der Waals surface area contributed by atoms with E-state index in [0.29, 0.717) is 23.8 Å². The Hall–Kier alpha value is -1.42. The number of halogens is 2. The van der Waals surface area contributed by atoms with Gasteiger partial charge in [0, 0.05) is 5.02 Å². The molecule has 0 spiro atoms. The van der Waals surface area contributed by atoms with Crippen LogP contribution in [0, 0.1) is 12.7 Å². The molecule has 4 heteroatoms. The van der Waals surface area contributed by atoms with E-state index in [2.05, 4.69) is 23.5 Å². The van der Waals surface area contributed by atoms with Gasteiger partial charge in [0.1, 0.15) is 5.82 Å². The maximum Gasteiger partial charge on any atom is 0.127 e. The smallest absolute Gasteiger partial charge is 0.127 e. The lowest BCUT2D eigenvalue weighted by Crippen LogP contribution is -2.18. The van der Waals surface area contributed by atoms with E-state index >= 15 is 0 Å². The van der Waals surface area contributed by atoms with Crippen LogP contribution < -0.4 is 5.32 Å². The fourth-order valence-corrected chi connectivity index (χ4v) is 3.03. The monoisotopic (exact) mass is 305 g/mol. The summed E-state index contributed by atoms with van der Waals surface area (Å²) in [5.74, 6) is -0.277. The number of fused-ring (bicyclic) bond motifs is 1. The maximum atomic E-state index is 13.6. The Kier molecular flexibility index (Phi) is 3.98. The lowest BCUT2D eigenvalue weighted by molar-refractivity contribution is 0.134. The predicted molar refractivity (Wildman–Crippen MR) is 82.0 cm³/mol. The molecule has 2 aromatic rings. The number of aryl methyl sites for hydroxylation is 1. The predicted octanol–water partition coefficient (Wildman–Crippen LogP) is 4.13. The van der Waals surface area contributed by atoms with Gasteiger partial charge in [-0.3, -0.25) is 0 Å². The Morgan fingerprint density at radius 3 is 2.71 bits per heavy atom. The summed E-state index contributed by atoms with van der Waals surface area (Å²) in [5.41, 5.74) is 5.03. The number of rotatable bonds is 3. The second-order valence-corrected chi connectivity index (χ2v) is 5.77. The van der Waals surface area contributed by atoms with Gasteiger partial charge >= 0.3 is 0 Å². The molecular weight excluding hydrogens is 289 g/mol. The topological polar surface area (TPSA) is 21.3 Å². The number of benzene rings is 2.